The number of hydrogen-bond acceptors (Lipinski definition) is 8. The molecule has 5 heterocycles. The van der Waals surface area contributed by atoms with Gasteiger partial charge in [0.25, 0.3) is 0 Å². The van der Waals surface area contributed by atoms with Gasteiger partial charge in [0.1, 0.15) is 23.8 Å². The monoisotopic (exact) mass is 613 g/mol. The second kappa shape index (κ2) is 13.2. The number of carboxylic acid groups (broad SMARTS) is 2. The summed E-state index contributed by atoms with van der Waals surface area (Å²) in [6.07, 6.45) is -3.10. The van der Waals surface area contributed by atoms with Crippen molar-refractivity contribution in [3.8, 4) is 28.6 Å². The van der Waals surface area contributed by atoms with Gasteiger partial charge in [0, 0.05) is 42.5 Å². The Morgan fingerprint density at radius 3 is 2.30 bits per heavy atom. The molecule has 3 aromatic rings. The molecule has 43 heavy (non-hydrogen) atoms. The molecule has 4 N–H and O–H groups in total. The molecule has 0 bridgehead atoms. The van der Waals surface area contributed by atoms with E-state index in [1.54, 1.807) is 23.5 Å². The van der Waals surface area contributed by atoms with Crippen LogP contribution in [0, 0.1) is 11.3 Å². The first-order valence-corrected chi connectivity index (χ1v) is 12.1. The standard InChI is InChI=1S/C21H19N7O.2C2HF3O2/c22-7-5-17(29)28-10-2-3-13(12-28)20-26-18-14-6-9-23-11-16(14)25-21-15(19(18)27-20)4-1-8-24-21;2*3-2(4,5)1(6)7/h1,4,6,8-9,11,13H,2-3,5,10,12H2,(H,24,25)(H,26,27);2*(H,6,7). The number of carbonyl (C=O) groups excluding carboxylic acids is 1. The quantitative estimate of drug-likeness (QED) is 0.235. The number of aromatic amines is 1. The number of likely N-dealkylation sites (tertiary alicyclic amines) is 1. The zero-order chi connectivity index (χ0) is 31.9. The van der Waals surface area contributed by atoms with Crippen molar-refractivity contribution in [3.05, 3.63) is 42.6 Å². The van der Waals surface area contributed by atoms with Crippen molar-refractivity contribution < 1.29 is 50.9 Å². The van der Waals surface area contributed by atoms with Gasteiger partial charge in [-0.3, -0.25) is 9.78 Å². The summed E-state index contributed by atoms with van der Waals surface area (Å²) in [6, 6.07) is 7.81. The van der Waals surface area contributed by atoms with E-state index in [1.807, 2.05) is 24.3 Å². The van der Waals surface area contributed by atoms with Crippen molar-refractivity contribution in [3.63, 3.8) is 0 Å². The van der Waals surface area contributed by atoms with Crippen LogP contribution in [0.15, 0.2) is 36.8 Å². The molecule has 2 aliphatic heterocycles. The number of amides is 1. The number of aromatic nitrogens is 4. The number of fused-ring (bicyclic) bond motifs is 5. The average Bonchev–Trinajstić information content (AvgIpc) is 3.34. The smallest absolute Gasteiger partial charge is 0.475 e. The lowest BCUT2D eigenvalue weighted by Crippen LogP contribution is -2.39. The maximum absolute atomic E-state index is 12.2. The molecule has 12 nitrogen and oxygen atoms in total. The predicted octanol–water partition coefficient (Wildman–Crippen LogP) is 4.48. The Balaban J connectivity index is 0.000000303. The van der Waals surface area contributed by atoms with E-state index in [1.165, 1.54) is 0 Å². The third-order valence-electron chi connectivity index (χ3n) is 6.00. The Hall–Kier alpha value is -5.21. The van der Waals surface area contributed by atoms with E-state index in [2.05, 4.69) is 20.3 Å². The van der Waals surface area contributed by atoms with Crippen LogP contribution in [0.25, 0.3) is 22.5 Å². The fourth-order valence-corrected chi connectivity index (χ4v) is 4.12. The summed E-state index contributed by atoms with van der Waals surface area (Å²) < 4.78 is 63.5. The van der Waals surface area contributed by atoms with Gasteiger partial charge in [-0.1, -0.05) is 0 Å². The minimum atomic E-state index is -5.08. The van der Waals surface area contributed by atoms with Gasteiger partial charge >= 0.3 is 24.3 Å². The van der Waals surface area contributed by atoms with Crippen LogP contribution >= 0.6 is 0 Å². The third kappa shape index (κ3) is 8.18. The maximum atomic E-state index is 12.2. The van der Waals surface area contributed by atoms with Crippen molar-refractivity contribution in [2.24, 2.45) is 0 Å². The highest BCUT2D eigenvalue weighted by molar-refractivity contribution is 5.94. The van der Waals surface area contributed by atoms with Crippen molar-refractivity contribution in [1.82, 2.24) is 24.8 Å². The van der Waals surface area contributed by atoms with Crippen LogP contribution < -0.4 is 5.32 Å². The van der Waals surface area contributed by atoms with Crippen LogP contribution in [-0.4, -0.2) is 78.3 Å². The van der Waals surface area contributed by atoms with Crippen LogP contribution in [0.3, 0.4) is 0 Å². The molecule has 1 fully saturated rings. The van der Waals surface area contributed by atoms with Gasteiger partial charge in [0.15, 0.2) is 0 Å². The molecule has 0 aromatic carbocycles. The summed E-state index contributed by atoms with van der Waals surface area (Å²) in [4.78, 5) is 49.0. The number of H-pyrrole nitrogens is 1. The van der Waals surface area contributed by atoms with Crippen LogP contribution in [0.5, 0.6) is 0 Å². The van der Waals surface area contributed by atoms with E-state index < -0.39 is 24.3 Å². The fourth-order valence-electron chi connectivity index (χ4n) is 4.12. The largest absolute Gasteiger partial charge is 0.490 e. The van der Waals surface area contributed by atoms with Gasteiger partial charge in [0.05, 0.1) is 23.6 Å². The normalized spacial score (nSPS) is 15.3. The topological polar surface area (TPSA) is 185 Å². The molecule has 2 aliphatic rings. The van der Waals surface area contributed by atoms with Crippen LogP contribution in [0.1, 0.15) is 31.0 Å². The summed E-state index contributed by atoms with van der Waals surface area (Å²) in [5, 5.41) is 26.4. The minimum absolute atomic E-state index is 0.0769. The lowest BCUT2D eigenvalue weighted by atomic mass is 9.97. The number of carbonyl (C=O) groups is 3. The summed E-state index contributed by atoms with van der Waals surface area (Å²) in [5.41, 5.74) is 4.56. The number of nitrogens with one attached hydrogen (secondary N) is 2. The summed E-state index contributed by atoms with van der Waals surface area (Å²) in [7, 11) is 0. The van der Waals surface area contributed by atoms with E-state index in [0.29, 0.717) is 13.1 Å². The Morgan fingerprint density at radius 2 is 1.70 bits per heavy atom. The number of nitriles is 1. The average molecular weight is 613 g/mol. The third-order valence-corrected chi connectivity index (χ3v) is 6.00. The zero-order valence-electron chi connectivity index (χ0n) is 21.7. The number of pyridine rings is 2. The number of anilines is 2. The van der Waals surface area contributed by atoms with Crippen LogP contribution in [0.2, 0.25) is 0 Å². The predicted molar refractivity (Wildman–Crippen MR) is 134 cm³/mol. The number of hydrogen-bond donors (Lipinski definition) is 4. The number of carboxylic acids is 2. The number of aliphatic carboxylic acids is 2. The molecule has 0 aliphatic carbocycles. The molecule has 228 valence electrons. The van der Waals surface area contributed by atoms with Gasteiger partial charge in [0.2, 0.25) is 5.91 Å². The van der Waals surface area contributed by atoms with E-state index in [0.717, 1.165) is 52.7 Å². The van der Waals surface area contributed by atoms with E-state index >= 15 is 0 Å². The molecule has 5 rings (SSSR count). The lowest BCUT2D eigenvalue weighted by Gasteiger charge is -2.31. The van der Waals surface area contributed by atoms with Gasteiger partial charge < -0.3 is 25.4 Å². The first kappa shape index (κ1) is 32.3. The van der Waals surface area contributed by atoms with Crippen molar-refractivity contribution >= 4 is 29.4 Å². The molecule has 1 amide bonds. The van der Waals surface area contributed by atoms with E-state index in [-0.39, 0.29) is 18.2 Å². The molecule has 0 spiro atoms. The molecule has 1 saturated heterocycles. The maximum Gasteiger partial charge on any atom is 0.490 e. The molecule has 3 aromatic heterocycles. The highest BCUT2D eigenvalue weighted by Gasteiger charge is 2.39. The van der Waals surface area contributed by atoms with Gasteiger partial charge in [-0.2, -0.15) is 31.6 Å². The molecule has 18 heteroatoms. The SMILES string of the molecule is N#CCC(=O)N1CCCC(c2nc3c([nH]2)-c2ccncc2Nc2ncccc2-3)C1.O=C(O)C(F)(F)F.O=C(O)C(F)(F)F. The number of rotatable bonds is 2. The molecular formula is C25H21F6N7O5. The van der Waals surface area contributed by atoms with Crippen LogP contribution in [0.4, 0.5) is 37.8 Å². The van der Waals surface area contributed by atoms with Crippen molar-refractivity contribution in [1.29, 1.82) is 5.26 Å². The van der Waals surface area contributed by atoms with Crippen molar-refractivity contribution in [2.45, 2.75) is 37.5 Å². The molecule has 0 saturated carbocycles. The van der Waals surface area contributed by atoms with Gasteiger partial charge in [-0.05, 0) is 31.0 Å². The molecule has 1 atom stereocenters. The Bertz CT molecular complexity index is 1450. The summed E-state index contributed by atoms with van der Waals surface area (Å²) in [5.74, 6) is -3.91. The first-order valence-electron chi connectivity index (χ1n) is 12.1. The number of alkyl halides is 6. The summed E-state index contributed by atoms with van der Waals surface area (Å²) in [6.45, 7) is 1.27. The fraction of sp³-hybridized carbons (Fsp3) is 0.320. The highest BCUT2D eigenvalue weighted by Crippen LogP contribution is 2.42. The number of imidazole rings is 1. The molecular weight excluding hydrogens is 592 g/mol. The molecule has 1 unspecified atom stereocenters. The highest BCUT2D eigenvalue weighted by atomic mass is 19.4. The van der Waals surface area contributed by atoms with Crippen molar-refractivity contribution in [2.75, 3.05) is 18.4 Å². The number of halogens is 6. The number of piperidine rings is 1. The van der Waals surface area contributed by atoms with Gasteiger partial charge in [-0.15, -0.1) is 0 Å². The first-order chi connectivity index (χ1) is 20.1. The number of nitrogens with zero attached hydrogens (tertiary/aromatic N) is 5. The van der Waals surface area contributed by atoms with Gasteiger partial charge in [-0.25, -0.2) is 19.6 Å². The second-order valence-corrected chi connectivity index (χ2v) is 8.91. The van der Waals surface area contributed by atoms with Crippen LogP contribution in [-0.2, 0) is 14.4 Å². The lowest BCUT2D eigenvalue weighted by molar-refractivity contribution is -0.193. The Morgan fingerprint density at radius 1 is 1.05 bits per heavy atom. The van der Waals surface area contributed by atoms with E-state index in [4.69, 9.17) is 30.0 Å². The Kier molecular flexibility index (Phi) is 9.90. The van der Waals surface area contributed by atoms with E-state index in [9.17, 15) is 31.1 Å². The zero-order valence-corrected chi connectivity index (χ0v) is 21.7. The molecule has 0 radical (unpaired) electrons. The second-order valence-electron chi connectivity index (χ2n) is 8.91. The Labute approximate surface area is 238 Å². The summed E-state index contributed by atoms with van der Waals surface area (Å²) >= 11 is 0. The minimum Gasteiger partial charge on any atom is -0.475 e.